The fourth-order valence-corrected chi connectivity index (χ4v) is 12.2. The van der Waals surface area contributed by atoms with Gasteiger partial charge in [-0.1, -0.05) is 165 Å². The van der Waals surface area contributed by atoms with Gasteiger partial charge < -0.3 is 0 Å². The van der Waals surface area contributed by atoms with Crippen molar-refractivity contribution in [2.75, 3.05) is 0 Å². The van der Waals surface area contributed by atoms with E-state index in [0.29, 0.717) is 0 Å². The van der Waals surface area contributed by atoms with Gasteiger partial charge >= 0.3 is 0 Å². The van der Waals surface area contributed by atoms with E-state index in [0.717, 1.165) is 0 Å². The Morgan fingerprint density at radius 1 is 0.385 bits per heavy atom. The predicted octanol–water partition coefficient (Wildman–Crippen LogP) is 15.4. The number of hydrogen-bond acceptors (Lipinski definition) is 2. The van der Waals surface area contributed by atoms with Crippen molar-refractivity contribution in [1.82, 2.24) is 0 Å². The van der Waals surface area contributed by atoms with Crippen LogP contribution in [0.25, 0.3) is 22.3 Å². The molecule has 2 heterocycles. The third-order valence-electron chi connectivity index (χ3n) is 10.2. The van der Waals surface area contributed by atoms with Crippen LogP contribution >= 0.6 is 39.1 Å². The summed E-state index contributed by atoms with van der Waals surface area (Å²) < 4.78 is 0. The lowest BCUT2D eigenvalue weighted by Gasteiger charge is -2.33. The Labute approximate surface area is 328 Å². The molecule has 0 N–H and O–H groups in total. The third kappa shape index (κ3) is 8.42. The molecule has 0 atom stereocenters. The van der Waals surface area contributed by atoms with Gasteiger partial charge in [-0.25, -0.2) is 0 Å². The van der Waals surface area contributed by atoms with Crippen LogP contribution in [-0.2, 0) is 32.5 Å². The highest BCUT2D eigenvalue weighted by Crippen LogP contribution is 2.47. The minimum absolute atomic E-state index is 0.00415. The first kappa shape index (κ1) is 41.1. The topological polar surface area (TPSA) is 0 Å². The summed E-state index contributed by atoms with van der Waals surface area (Å²) in [6.45, 7) is 43.0. The first-order valence-electron chi connectivity index (χ1n) is 19.0. The molecule has 0 saturated heterocycles. The average molecular weight is 767 g/mol. The van der Waals surface area contributed by atoms with Gasteiger partial charge in [0.05, 0.1) is 0 Å². The quantitative estimate of drug-likeness (QED) is 0.160. The molecule has 0 amide bonds. The van der Waals surface area contributed by atoms with E-state index in [1.807, 2.05) is 0 Å². The van der Waals surface area contributed by atoms with Crippen molar-refractivity contribution < 1.29 is 0 Å². The van der Waals surface area contributed by atoms with Gasteiger partial charge in [-0.05, 0) is 111 Å². The highest BCUT2D eigenvalue weighted by Gasteiger charge is 2.32. The van der Waals surface area contributed by atoms with E-state index in [4.69, 9.17) is 0 Å². The molecule has 0 unspecified atom stereocenters. The second-order valence-corrected chi connectivity index (χ2v) is 24.8. The van der Waals surface area contributed by atoms with E-state index in [1.165, 1.54) is 92.5 Å². The molecule has 0 aliphatic carbocycles. The minimum atomic E-state index is -0.00415. The summed E-state index contributed by atoms with van der Waals surface area (Å²) in [5.74, 6) is 0. The molecule has 0 radical (unpaired) electrons. The summed E-state index contributed by atoms with van der Waals surface area (Å²) in [5, 5.41) is 12.2. The average Bonchev–Trinajstić information content (AvgIpc) is 3.69. The van der Waals surface area contributed by atoms with Crippen LogP contribution in [0.1, 0.15) is 158 Å². The van der Waals surface area contributed by atoms with Crippen LogP contribution in [0.2, 0.25) is 0 Å². The molecule has 278 valence electrons. The Bertz CT molecular complexity index is 1930. The first-order chi connectivity index (χ1) is 23.6. The molecule has 52 heavy (non-hydrogen) atoms. The predicted molar refractivity (Wildman–Crippen MR) is 240 cm³/mol. The van der Waals surface area contributed by atoms with E-state index in [1.54, 1.807) is 22.7 Å². The summed E-state index contributed by atoms with van der Waals surface area (Å²) in [6.07, 6.45) is 0. The van der Waals surface area contributed by atoms with Crippen LogP contribution in [0.3, 0.4) is 0 Å². The van der Waals surface area contributed by atoms with E-state index in [-0.39, 0.29) is 32.5 Å². The number of thiophene rings is 2. The second kappa shape index (κ2) is 13.9. The van der Waals surface area contributed by atoms with Gasteiger partial charge in [0, 0.05) is 31.6 Å². The van der Waals surface area contributed by atoms with Crippen molar-refractivity contribution in [2.45, 2.75) is 157 Å². The van der Waals surface area contributed by atoms with Gasteiger partial charge in [0.25, 0.3) is 0 Å². The molecule has 0 saturated carbocycles. The molecule has 0 fully saturated rings. The van der Waals surface area contributed by atoms with Gasteiger partial charge in [-0.3, -0.25) is 0 Å². The summed E-state index contributed by atoms with van der Waals surface area (Å²) in [6, 6.07) is 14.9. The van der Waals surface area contributed by atoms with Gasteiger partial charge in [0.1, 0.15) is 0 Å². The third-order valence-corrected chi connectivity index (χ3v) is 14.5. The lowest BCUT2D eigenvalue weighted by atomic mass is 9.75. The van der Waals surface area contributed by atoms with Crippen molar-refractivity contribution >= 4 is 49.7 Å². The highest BCUT2D eigenvalue weighted by atomic mass is 32.1. The summed E-state index contributed by atoms with van der Waals surface area (Å²) in [7, 11) is 2.61. The van der Waals surface area contributed by atoms with Crippen LogP contribution in [0.5, 0.6) is 0 Å². The fraction of sp³-hybridized carbons (Fsp3) is 0.500. The maximum atomic E-state index is 2.54. The van der Waals surface area contributed by atoms with E-state index in [2.05, 4.69) is 183 Å². The lowest BCUT2D eigenvalue weighted by molar-refractivity contribution is 0.553. The SMILES string of the molecule is CC(C)(C)c1cc(C(C)(C)C)c(P=c2c(-c3ccsc3)c(-c3ccsc3)c2=Pc2c(C(C)(C)C)cc(C(C)(C)C)cc2C(C)(C)C)c(C(C)(C)C)c1. The Hall–Kier alpha value is -2.08. The largest absolute Gasteiger partial charge is 0.152 e. The molecule has 4 heteroatoms. The van der Waals surface area contributed by atoms with E-state index in [9.17, 15) is 0 Å². The van der Waals surface area contributed by atoms with Crippen LogP contribution in [0.4, 0.5) is 0 Å². The van der Waals surface area contributed by atoms with Crippen molar-refractivity contribution in [3.05, 3.63) is 101 Å². The second-order valence-electron chi connectivity index (χ2n) is 21.0. The van der Waals surface area contributed by atoms with Gasteiger partial charge in [-0.2, -0.15) is 22.7 Å². The maximum Gasteiger partial charge on any atom is 0.0234 e. The number of benzene rings is 2. The molecule has 0 spiro atoms. The van der Waals surface area contributed by atoms with Gasteiger partial charge in [0.2, 0.25) is 0 Å². The number of hydrogen-bond donors (Lipinski definition) is 0. The van der Waals surface area contributed by atoms with Crippen LogP contribution in [0.15, 0.2) is 57.9 Å². The molecule has 0 aliphatic heterocycles. The maximum absolute atomic E-state index is 2.54. The smallest absolute Gasteiger partial charge is 0.0234 e. The normalized spacial score (nSPS) is 14.6. The van der Waals surface area contributed by atoms with Crippen LogP contribution in [-0.4, -0.2) is 0 Å². The fourth-order valence-electron chi connectivity index (χ4n) is 6.89. The van der Waals surface area contributed by atoms with Crippen molar-refractivity contribution in [3.8, 4) is 22.3 Å². The van der Waals surface area contributed by atoms with Crippen molar-refractivity contribution in [3.63, 3.8) is 0 Å². The monoisotopic (exact) mass is 766 g/mol. The minimum Gasteiger partial charge on any atom is -0.152 e. The first-order valence-corrected chi connectivity index (χ1v) is 22.6. The Morgan fingerprint density at radius 2 is 0.654 bits per heavy atom. The van der Waals surface area contributed by atoms with E-state index < -0.39 is 0 Å². The molecule has 2 aromatic heterocycles. The standard InChI is InChI=1S/C48H64P2S2/c1-43(2,3)31-23-33(45(7,8)9)39(34(24-31)46(10,11)12)49-41-37(29-19-21-51-27-29)38(30-20-22-52-28-30)42(41)50-40-35(47(13,14)15)25-32(44(4,5)6)26-36(40)48(16,17)18/h19-28H,1-18H3. The molecule has 0 aliphatic rings. The molecule has 0 nitrogen and oxygen atoms in total. The zero-order valence-corrected chi connectivity index (χ0v) is 38.9. The summed E-state index contributed by atoms with van der Waals surface area (Å²) in [4.78, 5) is 2.97. The molecular weight excluding hydrogens is 703 g/mol. The van der Waals surface area contributed by atoms with Crippen LogP contribution in [0, 0.1) is 9.88 Å². The molecule has 5 rings (SSSR count). The summed E-state index contributed by atoms with van der Waals surface area (Å²) in [5.41, 5.74) is 14.4. The van der Waals surface area contributed by atoms with Gasteiger partial charge in [-0.15, -0.1) is 0 Å². The van der Waals surface area contributed by atoms with E-state index >= 15 is 0 Å². The Kier molecular flexibility index (Phi) is 11.0. The Morgan fingerprint density at radius 3 is 0.846 bits per heavy atom. The Balaban J connectivity index is 2.07. The highest BCUT2D eigenvalue weighted by molar-refractivity contribution is 7.42. The molecule has 3 aromatic carbocycles. The lowest BCUT2D eigenvalue weighted by Crippen LogP contribution is -2.30. The van der Waals surface area contributed by atoms with Crippen molar-refractivity contribution in [1.29, 1.82) is 0 Å². The zero-order chi connectivity index (χ0) is 39.0. The molecule has 0 bridgehead atoms. The van der Waals surface area contributed by atoms with Crippen LogP contribution < -0.4 is 10.6 Å². The molecule has 5 aromatic rings. The number of rotatable bonds is 4. The summed E-state index contributed by atoms with van der Waals surface area (Å²) >= 11 is 3.61. The zero-order valence-electron chi connectivity index (χ0n) is 35.5. The van der Waals surface area contributed by atoms with Gasteiger partial charge in [0.15, 0.2) is 0 Å². The molecular formula is C48H64P2S2. The van der Waals surface area contributed by atoms with Crippen molar-refractivity contribution in [2.24, 2.45) is 0 Å².